The SMILES string of the molecule is CC1C=CC2=C(C1)C(C)(C)c1cc(-c3ccccc3)ccc12. The normalized spacial score (nSPS) is 21.7. The molecule has 0 saturated carbocycles. The van der Waals surface area contributed by atoms with Gasteiger partial charge in [0.2, 0.25) is 0 Å². The maximum Gasteiger partial charge on any atom is 0.0121 e. The number of benzene rings is 2. The zero-order chi connectivity index (χ0) is 15.3. The molecular formula is C22H22. The quantitative estimate of drug-likeness (QED) is 0.603. The molecule has 1 atom stereocenters. The van der Waals surface area contributed by atoms with Crippen LogP contribution in [0.25, 0.3) is 16.7 Å². The lowest BCUT2D eigenvalue weighted by Crippen LogP contribution is -2.19. The van der Waals surface area contributed by atoms with Crippen LogP contribution in [0.2, 0.25) is 0 Å². The van der Waals surface area contributed by atoms with Crippen molar-refractivity contribution < 1.29 is 0 Å². The van der Waals surface area contributed by atoms with Crippen LogP contribution in [0.1, 0.15) is 38.3 Å². The zero-order valence-electron chi connectivity index (χ0n) is 13.6. The largest absolute Gasteiger partial charge is 0.0808 e. The van der Waals surface area contributed by atoms with E-state index in [4.69, 9.17) is 0 Å². The predicted octanol–water partition coefficient (Wildman–Crippen LogP) is 5.99. The van der Waals surface area contributed by atoms with Crippen molar-refractivity contribution >= 4 is 5.57 Å². The minimum Gasteiger partial charge on any atom is -0.0808 e. The molecular weight excluding hydrogens is 264 g/mol. The van der Waals surface area contributed by atoms with E-state index >= 15 is 0 Å². The first-order valence-corrected chi connectivity index (χ1v) is 8.19. The van der Waals surface area contributed by atoms with Gasteiger partial charge in [0.1, 0.15) is 0 Å². The fourth-order valence-electron chi connectivity index (χ4n) is 3.97. The molecule has 0 nitrogen and oxygen atoms in total. The van der Waals surface area contributed by atoms with Crippen LogP contribution in [0.3, 0.4) is 0 Å². The summed E-state index contributed by atoms with van der Waals surface area (Å²) >= 11 is 0. The summed E-state index contributed by atoms with van der Waals surface area (Å²) in [5.41, 5.74) is 8.77. The van der Waals surface area contributed by atoms with E-state index < -0.39 is 0 Å². The summed E-state index contributed by atoms with van der Waals surface area (Å²) in [6.45, 7) is 7.08. The first-order valence-electron chi connectivity index (χ1n) is 8.19. The van der Waals surface area contributed by atoms with E-state index in [9.17, 15) is 0 Å². The molecule has 0 aromatic heterocycles. The van der Waals surface area contributed by atoms with Gasteiger partial charge in [0.25, 0.3) is 0 Å². The molecule has 0 heterocycles. The molecule has 2 aliphatic carbocycles. The summed E-state index contributed by atoms with van der Waals surface area (Å²) < 4.78 is 0. The molecule has 0 aliphatic heterocycles. The van der Waals surface area contributed by atoms with Crippen molar-refractivity contribution in [2.24, 2.45) is 5.92 Å². The van der Waals surface area contributed by atoms with E-state index in [0.717, 1.165) is 0 Å². The van der Waals surface area contributed by atoms with E-state index in [1.165, 1.54) is 34.2 Å². The van der Waals surface area contributed by atoms with Crippen molar-refractivity contribution in [3.8, 4) is 11.1 Å². The third kappa shape index (κ3) is 1.90. The summed E-state index contributed by atoms with van der Waals surface area (Å²) in [5, 5.41) is 0. The first-order chi connectivity index (χ1) is 10.6. The number of hydrogen-bond acceptors (Lipinski definition) is 0. The van der Waals surface area contributed by atoms with Crippen LogP contribution in [-0.2, 0) is 5.41 Å². The summed E-state index contributed by atoms with van der Waals surface area (Å²) in [4.78, 5) is 0. The third-order valence-corrected chi connectivity index (χ3v) is 5.29. The van der Waals surface area contributed by atoms with Gasteiger partial charge in [0.15, 0.2) is 0 Å². The van der Waals surface area contributed by atoms with Crippen molar-refractivity contribution in [1.82, 2.24) is 0 Å². The standard InChI is InChI=1S/C22H22/c1-15-9-11-18-19-12-10-17(16-7-5-4-6-8-16)14-21(19)22(2,3)20(18)13-15/h4-12,14-15H,13H2,1-3H3. The van der Waals surface area contributed by atoms with Gasteiger partial charge < -0.3 is 0 Å². The number of hydrogen-bond donors (Lipinski definition) is 0. The van der Waals surface area contributed by atoms with Gasteiger partial charge in [-0.05, 0) is 46.2 Å². The number of fused-ring (bicyclic) bond motifs is 2. The highest BCUT2D eigenvalue weighted by molar-refractivity contribution is 5.88. The maximum absolute atomic E-state index is 2.40. The lowest BCUT2D eigenvalue weighted by atomic mass is 9.76. The number of rotatable bonds is 1. The molecule has 2 aromatic carbocycles. The Morgan fingerprint density at radius 2 is 1.73 bits per heavy atom. The predicted molar refractivity (Wildman–Crippen MR) is 94.7 cm³/mol. The summed E-state index contributed by atoms with van der Waals surface area (Å²) in [5.74, 6) is 0.654. The van der Waals surface area contributed by atoms with E-state index in [-0.39, 0.29) is 5.41 Å². The highest BCUT2D eigenvalue weighted by Crippen LogP contribution is 2.51. The van der Waals surface area contributed by atoms with Gasteiger partial charge in [-0.1, -0.05) is 81.0 Å². The van der Waals surface area contributed by atoms with Gasteiger partial charge in [0, 0.05) is 5.41 Å². The molecule has 0 N–H and O–H groups in total. The molecule has 0 amide bonds. The van der Waals surface area contributed by atoms with E-state index in [0.29, 0.717) is 5.92 Å². The minimum absolute atomic E-state index is 0.147. The average molecular weight is 286 g/mol. The van der Waals surface area contributed by atoms with E-state index in [1.54, 1.807) is 5.57 Å². The second kappa shape index (κ2) is 4.71. The van der Waals surface area contributed by atoms with Crippen LogP contribution >= 0.6 is 0 Å². The van der Waals surface area contributed by atoms with E-state index in [1.807, 2.05) is 0 Å². The third-order valence-electron chi connectivity index (χ3n) is 5.29. The Balaban J connectivity index is 1.86. The van der Waals surface area contributed by atoms with Crippen LogP contribution < -0.4 is 0 Å². The molecule has 110 valence electrons. The van der Waals surface area contributed by atoms with Gasteiger partial charge in [-0.3, -0.25) is 0 Å². The monoisotopic (exact) mass is 286 g/mol. The minimum atomic E-state index is 0.147. The van der Waals surface area contributed by atoms with Crippen molar-refractivity contribution in [3.05, 3.63) is 77.4 Å². The van der Waals surface area contributed by atoms with Gasteiger partial charge in [-0.15, -0.1) is 0 Å². The average Bonchev–Trinajstić information content (AvgIpc) is 2.76. The molecule has 1 unspecified atom stereocenters. The molecule has 0 bridgehead atoms. The Kier molecular flexibility index (Phi) is 2.91. The Hall–Kier alpha value is -2.08. The Morgan fingerprint density at radius 3 is 2.50 bits per heavy atom. The Bertz CT molecular complexity index is 788. The molecule has 2 aliphatic rings. The molecule has 0 heteroatoms. The van der Waals surface area contributed by atoms with Gasteiger partial charge >= 0.3 is 0 Å². The molecule has 2 aromatic rings. The maximum atomic E-state index is 2.40. The van der Waals surface area contributed by atoms with Crippen LogP contribution in [-0.4, -0.2) is 0 Å². The fraction of sp³-hybridized carbons (Fsp3) is 0.273. The van der Waals surface area contributed by atoms with E-state index in [2.05, 4.69) is 81.5 Å². The Labute approximate surface area is 133 Å². The lowest BCUT2D eigenvalue weighted by molar-refractivity contribution is 0.566. The summed E-state index contributed by atoms with van der Waals surface area (Å²) in [6.07, 6.45) is 5.89. The summed E-state index contributed by atoms with van der Waals surface area (Å²) in [6, 6.07) is 17.7. The molecule has 22 heavy (non-hydrogen) atoms. The van der Waals surface area contributed by atoms with Crippen LogP contribution in [0.4, 0.5) is 0 Å². The fourth-order valence-corrected chi connectivity index (χ4v) is 3.97. The van der Waals surface area contributed by atoms with Crippen LogP contribution in [0.5, 0.6) is 0 Å². The van der Waals surface area contributed by atoms with Crippen LogP contribution in [0.15, 0.2) is 66.3 Å². The van der Waals surface area contributed by atoms with Crippen molar-refractivity contribution in [2.45, 2.75) is 32.6 Å². The topological polar surface area (TPSA) is 0 Å². The van der Waals surface area contributed by atoms with Crippen molar-refractivity contribution in [2.75, 3.05) is 0 Å². The van der Waals surface area contributed by atoms with Crippen LogP contribution in [0, 0.1) is 5.92 Å². The smallest absolute Gasteiger partial charge is 0.0121 e. The first kappa shape index (κ1) is 13.6. The molecule has 0 saturated heterocycles. The van der Waals surface area contributed by atoms with Crippen molar-refractivity contribution in [1.29, 1.82) is 0 Å². The lowest BCUT2D eigenvalue weighted by Gasteiger charge is -2.28. The highest BCUT2D eigenvalue weighted by atomic mass is 14.4. The second-order valence-corrected chi connectivity index (χ2v) is 7.18. The zero-order valence-corrected chi connectivity index (χ0v) is 13.6. The van der Waals surface area contributed by atoms with Crippen molar-refractivity contribution in [3.63, 3.8) is 0 Å². The van der Waals surface area contributed by atoms with Gasteiger partial charge in [-0.2, -0.15) is 0 Å². The molecule has 4 rings (SSSR count). The summed E-state index contributed by atoms with van der Waals surface area (Å²) in [7, 11) is 0. The molecule has 0 radical (unpaired) electrons. The second-order valence-electron chi connectivity index (χ2n) is 7.18. The molecule has 0 fully saturated rings. The Morgan fingerprint density at radius 1 is 0.955 bits per heavy atom. The molecule has 0 spiro atoms. The highest BCUT2D eigenvalue weighted by Gasteiger charge is 2.38. The number of allylic oxidation sites excluding steroid dienone is 4. The van der Waals surface area contributed by atoms with Gasteiger partial charge in [0.05, 0.1) is 0 Å². The van der Waals surface area contributed by atoms with Gasteiger partial charge in [-0.25, -0.2) is 0 Å².